The Labute approximate surface area is 177 Å². The molecule has 0 aromatic carbocycles. The number of rotatable bonds is 4. The third-order valence-electron chi connectivity index (χ3n) is 6.40. The first-order valence-electron chi connectivity index (χ1n) is 9.95. The van der Waals surface area contributed by atoms with E-state index in [-0.39, 0.29) is 41.8 Å². The second-order valence-electron chi connectivity index (χ2n) is 7.96. The quantitative estimate of drug-likeness (QED) is 0.623. The van der Waals surface area contributed by atoms with Crippen LogP contribution in [-0.4, -0.2) is 64.6 Å². The Hall–Kier alpha value is -3.58. The maximum Gasteiger partial charge on any atom is 0.290 e. The summed E-state index contributed by atoms with van der Waals surface area (Å²) in [5.74, 6) is 0.108. The largest absolute Gasteiger partial charge is 0.483 e. The first-order chi connectivity index (χ1) is 15.0. The molecule has 2 amide bonds. The Morgan fingerprint density at radius 3 is 2.97 bits per heavy atom. The first-order valence-corrected chi connectivity index (χ1v) is 9.95. The second-order valence-corrected chi connectivity index (χ2v) is 7.96. The molecule has 10 heteroatoms. The molecule has 10 nitrogen and oxygen atoms in total. The minimum atomic E-state index is -0.310. The lowest BCUT2D eigenvalue weighted by Crippen LogP contribution is -2.41. The Balaban J connectivity index is 0.000000730. The first kappa shape index (κ1) is 20.7. The zero-order valence-electron chi connectivity index (χ0n) is 16.6. The number of amides is 2. The molecule has 0 saturated carbocycles. The lowest BCUT2D eigenvalue weighted by Gasteiger charge is -2.29. The monoisotopic (exact) mass is 426 g/mol. The van der Waals surface area contributed by atoms with Gasteiger partial charge in [-0.15, -0.1) is 0 Å². The minimum Gasteiger partial charge on any atom is -0.483 e. The van der Waals surface area contributed by atoms with E-state index in [1.807, 2.05) is 11.0 Å². The summed E-state index contributed by atoms with van der Waals surface area (Å²) in [6.07, 6.45) is 6.46. The van der Waals surface area contributed by atoms with Gasteiger partial charge < -0.3 is 29.5 Å². The van der Waals surface area contributed by atoms with Crippen molar-refractivity contribution in [1.29, 1.82) is 5.26 Å². The third-order valence-corrected chi connectivity index (χ3v) is 6.40. The maximum absolute atomic E-state index is 12.9. The standard InChI is InChI=1S/C20H20N4O4.CH2O2/c21-6-12-5-16(22-7-12)19(26)24-9-15-14(17-1-3-20(15,11-24)28-17)8-23-18(25)13-2-4-27-10-13;2-1-3/h2,4-5,7,10,14-15,17,22H,1,3,8-9,11H2,(H,23,25);1H,(H,2,3)/t14-,15+,17+,20+;/m0./s1. The molecule has 4 atom stereocenters. The number of aromatic nitrogens is 1. The van der Waals surface area contributed by atoms with Crippen molar-refractivity contribution in [3.63, 3.8) is 0 Å². The topological polar surface area (TPSA) is 149 Å². The van der Waals surface area contributed by atoms with E-state index in [1.54, 1.807) is 18.3 Å². The molecule has 0 unspecified atom stereocenters. The van der Waals surface area contributed by atoms with E-state index in [0.29, 0.717) is 36.5 Å². The number of carbonyl (C=O) groups excluding carboxylic acids is 2. The number of nitrogens with one attached hydrogen (secondary N) is 2. The maximum atomic E-state index is 12.9. The molecule has 1 spiro atoms. The van der Waals surface area contributed by atoms with Gasteiger partial charge in [0.25, 0.3) is 18.3 Å². The number of nitriles is 1. The van der Waals surface area contributed by atoms with Crippen molar-refractivity contribution in [3.05, 3.63) is 47.7 Å². The van der Waals surface area contributed by atoms with Crippen LogP contribution < -0.4 is 5.32 Å². The average Bonchev–Trinajstić information content (AvgIpc) is 3.57. The molecule has 5 heterocycles. The highest BCUT2D eigenvalue weighted by Crippen LogP contribution is 2.54. The highest BCUT2D eigenvalue weighted by molar-refractivity contribution is 5.94. The Bertz CT molecular complexity index is 1010. The molecule has 2 bridgehead atoms. The average molecular weight is 426 g/mol. The smallest absolute Gasteiger partial charge is 0.290 e. The zero-order valence-corrected chi connectivity index (χ0v) is 16.6. The van der Waals surface area contributed by atoms with Gasteiger partial charge in [0.2, 0.25) is 0 Å². The molecular weight excluding hydrogens is 404 g/mol. The molecule has 3 saturated heterocycles. The highest BCUT2D eigenvalue weighted by Gasteiger charge is 2.63. The minimum absolute atomic E-state index is 0.112. The van der Waals surface area contributed by atoms with E-state index >= 15 is 0 Å². The number of nitrogens with zero attached hydrogens (tertiary/aromatic N) is 2. The molecule has 0 radical (unpaired) electrons. The van der Waals surface area contributed by atoms with Crippen LogP contribution in [-0.2, 0) is 9.53 Å². The number of hydrogen-bond acceptors (Lipinski definition) is 6. The van der Waals surface area contributed by atoms with Gasteiger partial charge in [0.05, 0.1) is 35.6 Å². The number of carbonyl (C=O) groups is 3. The number of hydrogen-bond donors (Lipinski definition) is 3. The molecule has 162 valence electrons. The molecule has 5 rings (SSSR count). The van der Waals surface area contributed by atoms with Crippen LogP contribution in [0.15, 0.2) is 35.3 Å². The molecule has 0 aliphatic carbocycles. The van der Waals surface area contributed by atoms with Gasteiger partial charge in [-0.05, 0) is 25.0 Å². The van der Waals surface area contributed by atoms with E-state index in [2.05, 4.69) is 10.3 Å². The number of furan rings is 1. The molecule has 2 aromatic heterocycles. The predicted octanol–water partition coefficient (Wildman–Crippen LogP) is 1.23. The van der Waals surface area contributed by atoms with Gasteiger partial charge in [-0.3, -0.25) is 14.4 Å². The lowest BCUT2D eigenvalue weighted by molar-refractivity contribution is -0.122. The Morgan fingerprint density at radius 2 is 2.29 bits per heavy atom. The fourth-order valence-electron chi connectivity index (χ4n) is 5.08. The zero-order chi connectivity index (χ0) is 22.0. The number of aromatic amines is 1. The number of likely N-dealkylation sites (tertiary alicyclic amines) is 1. The molecule has 31 heavy (non-hydrogen) atoms. The van der Waals surface area contributed by atoms with Crippen molar-refractivity contribution in [2.75, 3.05) is 19.6 Å². The van der Waals surface area contributed by atoms with Crippen LogP contribution in [0.4, 0.5) is 0 Å². The van der Waals surface area contributed by atoms with Crippen LogP contribution in [0.5, 0.6) is 0 Å². The Kier molecular flexibility index (Phi) is 5.52. The molecule has 3 N–H and O–H groups in total. The van der Waals surface area contributed by atoms with Gasteiger partial charge in [0.15, 0.2) is 0 Å². The van der Waals surface area contributed by atoms with Crippen LogP contribution >= 0.6 is 0 Å². The second kappa shape index (κ2) is 8.28. The molecular formula is C21H22N4O6. The van der Waals surface area contributed by atoms with Crippen LogP contribution in [0.2, 0.25) is 0 Å². The summed E-state index contributed by atoms with van der Waals surface area (Å²) in [4.78, 5) is 38.2. The summed E-state index contributed by atoms with van der Waals surface area (Å²) < 4.78 is 11.3. The van der Waals surface area contributed by atoms with Gasteiger partial charge >= 0.3 is 0 Å². The molecule has 3 aliphatic heterocycles. The molecule has 3 fully saturated rings. The summed E-state index contributed by atoms with van der Waals surface area (Å²) in [5.41, 5.74) is 1.06. The van der Waals surface area contributed by atoms with Crippen molar-refractivity contribution in [3.8, 4) is 6.07 Å². The van der Waals surface area contributed by atoms with Gasteiger partial charge in [-0.25, -0.2) is 0 Å². The third kappa shape index (κ3) is 3.68. The van der Waals surface area contributed by atoms with Crippen molar-refractivity contribution >= 4 is 18.3 Å². The molecule has 2 aromatic rings. The van der Waals surface area contributed by atoms with Gasteiger partial charge in [0.1, 0.15) is 18.0 Å². The van der Waals surface area contributed by atoms with Crippen molar-refractivity contribution in [1.82, 2.24) is 15.2 Å². The SMILES string of the molecule is N#Cc1c[nH]c(C(=O)N2C[C@@H]3[C@H](CNC(=O)c4ccoc4)[C@H]4CC[C@]3(C2)O4)c1.O=CO. The van der Waals surface area contributed by atoms with Crippen molar-refractivity contribution in [2.45, 2.75) is 24.5 Å². The summed E-state index contributed by atoms with van der Waals surface area (Å²) in [7, 11) is 0. The van der Waals surface area contributed by atoms with E-state index < -0.39 is 0 Å². The van der Waals surface area contributed by atoms with E-state index in [4.69, 9.17) is 24.3 Å². The fourth-order valence-corrected chi connectivity index (χ4v) is 5.08. The van der Waals surface area contributed by atoms with Crippen molar-refractivity contribution < 1.29 is 28.6 Å². The van der Waals surface area contributed by atoms with Crippen LogP contribution in [0.1, 0.15) is 39.3 Å². The van der Waals surface area contributed by atoms with Gasteiger partial charge in [-0.2, -0.15) is 5.26 Å². The number of carboxylic acid groups (broad SMARTS) is 1. The predicted molar refractivity (Wildman–Crippen MR) is 105 cm³/mol. The van der Waals surface area contributed by atoms with E-state index in [1.165, 1.54) is 12.5 Å². The normalized spacial score (nSPS) is 27.7. The van der Waals surface area contributed by atoms with E-state index in [0.717, 1.165) is 12.8 Å². The van der Waals surface area contributed by atoms with Crippen LogP contribution in [0.3, 0.4) is 0 Å². The molecule has 3 aliphatic rings. The summed E-state index contributed by atoms with van der Waals surface area (Å²) in [5, 5.41) is 18.8. The van der Waals surface area contributed by atoms with Gasteiger partial charge in [0, 0.05) is 31.1 Å². The lowest BCUT2D eigenvalue weighted by atomic mass is 9.73. The van der Waals surface area contributed by atoms with Gasteiger partial charge in [-0.1, -0.05) is 0 Å². The summed E-state index contributed by atoms with van der Waals surface area (Å²) in [6, 6.07) is 5.24. The Morgan fingerprint density at radius 1 is 1.48 bits per heavy atom. The van der Waals surface area contributed by atoms with Crippen LogP contribution in [0.25, 0.3) is 0 Å². The van der Waals surface area contributed by atoms with Crippen molar-refractivity contribution in [2.24, 2.45) is 11.8 Å². The highest BCUT2D eigenvalue weighted by atomic mass is 16.5. The number of fused-ring (bicyclic) bond motifs is 1. The number of ether oxygens (including phenoxy) is 1. The van der Waals surface area contributed by atoms with E-state index in [9.17, 15) is 9.59 Å². The summed E-state index contributed by atoms with van der Waals surface area (Å²) >= 11 is 0. The fraction of sp³-hybridized carbons (Fsp3) is 0.429. The summed E-state index contributed by atoms with van der Waals surface area (Å²) in [6.45, 7) is 1.42. The number of H-pyrrole nitrogens is 1. The van der Waals surface area contributed by atoms with Crippen LogP contribution in [0, 0.1) is 23.2 Å².